The fourth-order valence-electron chi connectivity index (χ4n) is 0.306. The molecule has 0 amide bonds. The molecule has 0 aliphatic rings. The molecule has 1 radical (unpaired) electrons. The summed E-state index contributed by atoms with van der Waals surface area (Å²) in [4.78, 5) is 9.27. The van der Waals surface area contributed by atoms with Crippen molar-refractivity contribution in [2.45, 2.75) is 18.0 Å². The number of carboxylic acids is 1. The van der Waals surface area contributed by atoms with Crippen molar-refractivity contribution in [3.8, 4) is 0 Å². The largest absolute Gasteiger partial charge is 3.00 e. The van der Waals surface area contributed by atoms with E-state index in [1.807, 2.05) is 0 Å². The Kier molecular flexibility index (Phi) is 4.48. The Hall–Kier alpha value is -0.501. The van der Waals surface area contributed by atoms with Crippen LogP contribution in [0, 0.1) is 0 Å². The number of carbonyl (C=O) groups excluding carboxylic acids is 1. The molecule has 0 aromatic heterocycles. The predicted molar refractivity (Wildman–Crippen MR) is 21.0 cm³/mol. The van der Waals surface area contributed by atoms with E-state index in [4.69, 9.17) is 0 Å². The van der Waals surface area contributed by atoms with Gasteiger partial charge in [0, 0.05) is 0 Å². The van der Waals surface area contributed by atoms with Gasteiger partial charge in [-0.1, -0.05) is 0 Å². The maximum Gasteiger partial charge on any atom is 3.00 e. The van der Waals surface area contributed by atoms with Crippen LogP contribution in [0.25, 0.3) is 0 Å². The average Bonchev–Trinajstić information content (AvgIpc) is 1.84. The molecule has 0 aromatic rings. The molecule has 0 N–H and O–H groups in total. The monoisotopic (exact) mass is 269 g/mol. The van der Waals surface area contributed by atoms with Gasteiger partial charge in [0.25, 0.3) is 0 Å². The first-order valence-corrected chi connectivity index (χ1v) is 2.48. The first-order chi connectivity index (χ1) is 5.44. The van der Waals surface area contributed by atoms with Gasteiger partial charge in [-0.3, -0.25) is 0 Å². The smallest absolute Gasteiger partial charge is 0.544 e. The number of rotatable bonds is 2. The SMILES string of the molecule is O=C([O-])C(F)(F)C(F)(F)C(F)(F)F.[Fe+3]. The van der Waals surface area contributed by atoms with E-state index in [1.54, 1.807) is 0 Å². The first kappa shape index (κ1) is 15.9. The van der Waals surface area contributed by atoms with E-state index < -0.39 is 24.0 Å². The number of hydrogen-bond acceptors (Lipinski definition) is 2. The number of alkyl halides is 7. The minimum absolute atomic E-state index is 0. The van der Waals surface area contributed by atoms with Crippen molar-refractivity contribution < 1.29 is 57.7 Å². The molecule has 10 heteroatoms. The second-order valence-corrected chi connectivity index (χ2v) is 1.93. The zero-order valence-electron chi connectivity index (χ0n) is 5.82. The molecule has 0 unspecified atom stereocenters. The molecule has 2 nitrogen and oxygen atoms in total. The van der Waals surface area contributed by atoms with Crippen molar-refractivity contribution in [3.05, 3.63) is 0 Å². The van der Waals surface area contributed by atoms with Crippen LogP contribution in [-0.4, -0.2) is 24.0 Å². The molecule has 0 bridgehead atoms. The normalized spacial score (nSPS) is 13.4. The van der Waals surface area contributed by atoms with Crippen molar-refractivity contribution in [2.24, 2.45) is 0 Å². The van der Waals surface area contributed by atoms with Crippen LogP contribution in [0.2, 0.25) is 0 Å². The maximum absolute atomic E-state index is 11.7. The number of aliphatic carboxylic acids is 1. The van der Waals surface area contributed by atoms with Crippen LogP contribution in [0.15, 0.2) is 0 Å². The van der Waals surface area contributed by atoms with Crippen molar-refractivity contribution >= 4 is 5.97 Å². The first-order valence-electron chi connectivity index (χ1n) is 2.48. The van der Waals surface area contributed by atoms with Crippen molar-refractivity contribution in [1.29, 1.82) is 0 Å². The molecule has 0 heterocycles. The van der Waals surface area contributed by atoms with Crippen LogP contribution < -0.4 is 5.11 Å². The summed E-state index contributed by atoms with van der Waals surface area (Å²) in [6.07, 6.45) is -6.64. The molecular formula is C4F7FeO2+2. The van der Waals surface area contributed by atoms with Crippen LogP contribution in [0.3, 0.4) is 0 Å². The Labute approximate surface area is 82.5 Å². The Balaban J connectivity index is 0. The van der Waals surface area contributed by atoms with Crippen LogP contribution >= 0.6 is 0 Å². The third-order valence-electron chi connectivity index (χ3n) is 1.01. The van der Waals surface area contributed by atoms with E-state index in [9.17, 15) is 40.6 Å². The predicted octanol–water partition coefficient (Wildman–Crippen LogP) is 0.567. The third kappa shape index (κ3) is 2.30. The van der Waals surface area contributed by atoms with E-state index in [0.717, 1.165) is 0 Å². The average molecular weight is 269 g/mol. The standard InChI is InChI=1S/C4HF7O2.Fe/c5-2(6,1(12)13)3(7,8)4(9,10)11;/h(H,12,13);/q;+3/p-1. The molecule has 0 aliphatic heterocycles. The van der Waals surface area contributed by atoms with Gasteiger partial charge in [-0.25, -0.2) is 0 Å². The summed E-state index contributed by atoms with van der Waals surface area (Å²) in [5.74, 6) is -16.7. The van der Waals surface area contributed by atoms with Gasteiger partial charge in [0.1, 0.15) is 5.97 Å². The zero-order chi connectivity index (χ0) is 11.1. The Morgan fingerprint density at radius 2 is 1.21 bits per heavy atom. The summed E-state index contributed by atoms with van der Waals surface area (Å²) in [5, 5.41) is 9.27. The Morgan fingerprint density at radius 3 is 1.29 bits per heavy atom. The van der Waals surface area contributed by atoms with E-state index >= 15 is 0 Å². The number of carboxylic acid groups (broad SMARTS) is 1. The third-order valence-corrected chi connectivity index (χ3v) is 1.01. The van der Waals surface area contributed by atoms with Crippen LogP contribution in [-0.2, 0) is 21.9 Å². The second-order valence-electron chi connectivity index (χ2n) is 1.93. The molecule has 0 aliphatic carbocycles. The molecule has 83 valence electrons. The van der Waals surface area contributed by atoms with Crippen molar-refractivity contribution in [3.63, 3.8) is 0 Å². The fourth-order valence-corrected chi connectivity index (χ4v) is 0.306. The van der Waals surface area contributed by atoms with Crippen molar-refractivity contribution in [2.75, 3.05) is 0 Å². The Morgan fingerprint density at radius 1 is 0.929 bits per heavy atom. The molecule has 0 aromatic carbocycles. The zero-order valence-corrected chi connectivity index (χ0v) is 6.92. The quantitative estimate of drug-likeness (QED) is 0.543. The molecule has 0 saturated carbocycles. The molecular weight excluding hydrogens is 269 g/mol. The summed E-state index contributed by atoms with van der Waals surface area (Å²) in [7, 11) is 0. The minimum Gasteiger partial charge on any atom is -0.544 e. The summed E-state index contributed by atoms with van der Waals surface area (Å²) in [6, 6.07) is 0. The van der Waals surface area contributed by atoms with Gasteiger partial charge in [0.15, 0.2) is 0 Å². The van der Waals surface area contributed by atoms with Crippen LogP contribution in [0.4, 0.5) is 30.7 Å². The molecule has 14 heavy (non-hydrogen) atoms. The molecule has 0 rings (SSSR count). The van der Waals surface area contributed by atoms with Gasteiger partial charge >= 0.3 is 35.1 Å². The molecule has 0 fully saturated rings. The van der Waals surface area contributed by atoms with Gasteiger partial charge < -0.3 is 9.90 Å². The van der Waals surface area contributed by atoms with E-state index in [0.29, 0.717) is 0 Å². The second kappa shape index (κ2) is 3.93. The van der Waals surface area contributed by atoms with E-state index in [2.05, 4.69) is 0 Å². The summed E-state index contributed by atoms with van der Waals surface area (Å²) in [6.45, 7) is 0. The maximum atomic E-state index is 11.7. The summed E-state index contributed by atoms with van der Waals surface area (Å²) >= 11 is 0. The van der Waals surface area contributed by atoms with E-state index in [-0.39, 0.29) is 17.1 Å². The Bertz CT molecular complexity index is 222. The molecule has 0 saturated heterocycles. The van der Waals surface area contributed by atoms with E-state index in [1.165, 1.54) is 0 Å². The van der Waals surface area contributed by atoms with Gasteiger partial charge in [-0.15, -0.1) is 0 Å². The fraction of sp³-hybridized carbons (Fsp3) is 0.750. The van der Waals surface area contributed by atoms with Crippen LogP contribution in [0.1, 0.15) is 0 Å². The topological polar surface area (TPSA) is 40.1 Å². The molecule has 0 spiro atoms. The van der Waals surface area contributed by atoms with Gasteiger partial charge in [-0.2, -0.15) is 30.7 Å². The number of halogens is 7. The number of hydrogen-bond donors (Lipinski definition) is 0. The summed E-state index contributed by atoms with van der Waals surface area (Å²) in [5.41, 5.74) is 0. The number of carbonyl (C=O) groups is 1. The van der Waals surface area contributed by atoms with Crippen LogP contribution in [0.5, 0.6) is 0 Å². The minimum atomic E-state index is -6.64. The molecule has 0 atom stereocenters. The van der Waals surface area contributed by atoms with Gasteiger partial charge in [0.05, 0.1) is 0 Å². The van der Waals surface area contributed by atoms with Crippen molar-refractivity contribution in [1.82, 2.24) is 0 Å². The summed E-state index contributed by atoms with van der Waals surface area (Å²) < 4.78 is 80.2. The van der Waals surface area contributed by atoms with Gasteiger partial charge in [-0.05, 0) is 0 Å². The van der Waals surface area contributed by atoms with Gasteiger partial charge in [0.2, 0.25) is 0 Å².